The van der Waals surface area contributed by atoms with Crippen LogP contribution < -0.4 is 16.0 Å². The van der Waals surface area contributed by atoms with E-state index in [4.69, 9.17) is 0 Å². The van der Waals surface area contributed by atoms with E-state index in [-0.39, 0.29) is 18.4 Å². The number of para-hydroxylation sites is 1. The molecule has 0 spiro atoms. The van der Waals surface area contributed by atoms with Crippen molar-refractivity contribution in [2.24, 2.45) is 0 Å². The van der Waals surface area contributed by atoms with Crippen molar-refractivity contribution in [2.45, 2.75) is 20.3 Å². The lowest BCUT2D eigenvalue weighted by Crippen LogP contribution is -2.23. The Bertz CT molecular complexity index is 741. The van der Waals surface area contributed by atoms with Crippen LogP contribution in [0, 0.1) is 6.92 Å². The molecule has 0 aliphatic heterocycles. The highest BCUT2D eigenvalue weighted by atomic mass is 16.2. The number of nitrogens with one attached hydrogen (secondary N) is 3. The Morgan fingerprint density at radius 3 is 2.54 bits per heavy atom. The smallest absolute Gasteiger partial charge is 0.251 e. The molecule has 2 rings (SSSR count). The number of carbonyl (C=O) groups is 2. The highest BCUT2D eigenvalue weighted by molar-refractivity contribution is 5.98. The number of rotatable bonds is 6. The molecule has 0 aromatic heterocycles. The molecule has 3 N–H and O–H groups in total. The zero-order chi connectivity index (χ0) is 17.5. The zero-order valence-corrected chi connectivity index (χ0v) is 14.3. The minimum Gasteiger partial charge on any atom is -0.376 e. The van der Waals surface area contributed by atoms with Crippen LogP contribution in [-0.2, 0) is 11.2 Å². The maximum absolute atomic E-state index is 12.2. The van der Waals surface area contributed by atoms with Gasteiger partial charge in [-0.05, 0) is 42.7 Å². The lowest BCUT2D eigenvalue weighted by molar-refractivity contribution is -0.114. The Kier molecular flexibility index (Phi) is 5.95. The highest BCUT2D eigenvalue weighted by Gasteiger charge is 2.08. The van der Waals surface area contributed by atoms with E-state index in [2.05, 4.69) is 28.9 Å². The Labute approximate surface area is 142 Å². The van der Waals surface area contributed by atoms with Crippen LogP contribution in [0.2, 0.25) is 0 Å². The molecular formula is C19H23N3O2. The molecule has 126 valence electrons. The van der Waals surface area contributed by atoms with Crippen molar-refractivity contribution in [3.63, 3.8) is 0 Å². The lowest BCUT2D eigenvalue weighted by Gasteiger charge is -2.14. The number of carbonyl (C=O) groups excluding carboxylic acids is 2. The lowest BCUT2D eigenvalue weighted by atomic mass is 10.1. The van der Waals surface area contributed by atoms with Crippen LogP contribution in [0.1, 0.15) is 28.4 Å². The van der Waals surface area contributed by atoms with Crippen LogP contribution in [0.4, 0.5) is 11.4 Å². The first-order valence-electron chi connectivity index (χ1n) is 7.99. The van der Waals surface area contributed by atoms with Crippen molar-refractivity contribution in [1.29, 1.82) is 0 Å². The summed E-state index contributed by atoms with van der Waals surface area (Å²) in [5, 5.41) is 8.58. The van der Waals surface area contributed by atoms with E-state index >= 15 is 0 Å². The second kappa shape index (κ2) is 8.15. The van der Waals surface area contributed by atoms with Crippen molar-refractivity contribution in [1.82, 2.24) is 5.32 Å². The number of hydrogen-bond acceptors (Lipinski definition) is 3. The van der Waals surface area contributed by atoms with Gasteiger partial charge in [0.15, 0.2) is 0 Å². The fraction of sp³-hybridized carbons (Fsp3) is 0.263. The molecule has 0 unspecified atom stereocenters. The maximum Gasteiger partial charge on any atom is 0.251 e. The zero-order valence-electron chi connectivity index (χ0n) is 14.3. The van der Waals surface area contributed by atoms with Gasteiger partial charge in [0.1, 0.15) is 0 Å². The van der Waals surface area contributed by atoms with E-state index < -0.39 is 0 Å². The largest absolute Gasteiger partial charge is 0.376 e. The van der Waals surface area contributed by atoms with Crippen molar-refractivity contribution < 1.29 is 9.59 Å². The maximum atomic E-state index is 12.2. The highest BCUT2D eigenvalue weighted by Crippen LogP contribution is 2.20. The van der Waals surface area contributed by atoms with Gasteiger partial charge < -0.3 is 16.0 Å². The average molecular weight is 325 g/mol. The Morgan fingerprint density at radius 2 is 1.83 bits per heavy atom. The summed E-state index contributed by atoms with van der Waals surface area (Å²) in [6.07, 6.45) is 0.903. The topological polar surface area (TPSA) is 70.2 Å². The molecule has 5 heteroatoms. The number of anilines is 2. The first-order chi connectivity index (χ1) is 11.5. The van der Waals surface area contributed by atoms with E-state index in [0.29, 0.717) is 11.3 Å². The third kappa shape index (κ3) is 4.35. The van der Waals surface area contributed by atoms with Crippen LogP contribution in [0.15, 0.2) is 42.5 Å². The van der Waals surface area contributed by atoms with Gasteiger partial charge in [0.25, 0.3) is 5.91 Å². The third-order valence-corrected chi connectivity index (χ3v) is 3.80. The van der Waals surface area contributed by atoms with E-state index in [0.717, 1.165) is 17.7 Å². The van der Waals surface area contributed by atoms with Gasteiger partial charge in [-0.25, -0.2) is 0 Å². The van der Waals surface area contributed by atoms with Crippen LogP contribution in [0.25, 0.3) is 0 Å². The quantitative estimate of drug-likeness (QED) is 0.765. The van der Waals surface area contributed by atoms with Crippen molar-refractivity contribution in [2.75, 3.05) is 24.2 Å². The summed E-state index contributed by atoms with van der Waals surface area (Å²) in [5.41, 5.74) is 4.42. The van der Waals surface area contributed by atoms with E-state index in [1.807, 2.05) is 19.1 Å². The molecule has 5 nitrogen and oxygen atoms in total. The normalized spacial score (nSPS) is 10.1. The number of benzene rings is 2. The summed E-state index contributed by atoms with van der Waals surface area (Å²) >= 11 is 0. The number of amides is 2. The molecule has 2 aromatic carbocycles. The van der Waals surface area contributed by atoms with Crippen LogP contribution in [0.5, 0.6) is 0 Å². The van der Waals surface area contributed by atoms with Gasteiger partial charge >= 0.3 is 0 Å². The van der Waals surface area contributed by atoms with E-state index in [9.17, 15) is 9.59 Å². The molecular weight excluding hydrogens is 302 g/mol. The molecule has 0 saturated heterocycles. The standard InChI is InChI=1S/C19H23N3O2/c1-4-14-8-5-7-13(2)18(14)21-12-17(23)22-16-10-6-9-15(11-16)19(24)20-3/h5-11,21H,4,12H2,1-3H3,(H,20,24)(H,22,23). The first kappa shape index (κ1) is 17.5. The van der Waals surface area contributed by atoms with Crippen LogP contribution in [-0.4, -0.2) is 25.4 Å². The average Bonchev–Trinajstić information content (AvgIpc) is 2.59. The molecule has 0 atom stereocenters. The molecule has 0 heterocycles. The van der Waals surface area contributed by atoms with Crippen molar-refractivity contribution in [3.8, 4) is 0 Å². The summed E-state index contributed by atoms with van der Waals surface area (Å²) in [6.45, 7) is 4.28. The molecule has 0 aliphatic rings. The van der Waals surface area contributed by atoms with Gasteiger partial charge in [0.05, 0.1) is 6.54 Å². The summed E-state index contributed by atoms with van der Waals surface area (Å²) in [5.74, 6) is -0.342. The monoisotopic (exact) mass is 325 g/mol. The number of hydrogen-bond donors (Lipinski definition) is 3. The molecule has 0 fully saturated rings. The minimum absolute atomic E-state index is 0.158. The second-order valence-electron chi connectivity index (χ2n) is 5.52. The van der Waals surface area contributed by atoms with Gasteiger partial charge in [-0.2, -0.15) is 0 Å². The molecule has 0 aliphatic carbocycles. The van der Waals surface area contributed by atoms with Gasteiger partial charge in [0, 0.05) is 24.0 Å². The Hall–Kier alpha value is -2.82. The molecule has 0 radical (unpaired) electrons. The molecule has 0 bridgehead atoms. The molecule has 24 heavy (non-hydrogen) atoms. The van der Waals surface area contributed by atoms with Crippen LogP contribution >= 0.6 is 0 Å². The summed E-state index contributed by atoms with van der Waals surface area (Å²) < 4.78 is 0. The van der Waals surface area contributed by atoms with Gasteiger partial charge in [-0.3, -0.25) is 9.59 Å². The molecule has 2 aromatic rings. The summed E-state index contributed by atoms with van der Waals surface area (Å²) in [6, 6.07) is 12.9. The SMILES string of the molecule is CCc1cccc(C)c1NCC(=O)Nc1cccc(C(=O)NC)c1. The minimum atomic E-state index is -0.184. The van der Waals surface area contributed by atoms with Gasteiger partial charge in [0.2, 0.25) is 5.91 Å². The Balaban J connectivity index is 2.01. The first-order valence-corrected chi connectivity index (χ1v) is 7.99. The van der Waals surface area contributed by atoms with Gasteiger partial charge in [-0.15, -0.1) is 0 Å². The van der Waals surface area contributed by atoms with Crippen LogP contribution in [0.3, 0.4) is 0 Å². The fourth-order valence-corrected chi connectivity index (χ4v) is 2.53. The van der Waals surface area contributed by atoms with Crippen molar-refractivity contribution in [3.05, 3.63) is 59.2 Å². The summed E-state index contributed by atoms with van der Waals surface area (Å²) in [4.78, 5) is 23.8. The van der Waals surface area contributed by atoms with Gasteiger partial charge in [-0.1, -0.05) is 31.2 Å². The van der Waals surface area contributed by atoms with Crippen molar-refractivity contribution >= 4 is 23.2 Å². The Morgan fingerprint density at radius 1 is 1.08 bits per heavy atom. The van der Waals surface area contributed by atoms with E-state index in [1.165, 1.54) is 5.56 Å². The predicted molar refractivity (Wildman–Crippen MR) is 97.5 cm³/mol. The second-order valence-corrected chi connectivity index (χ2v) is 5.52. The predicted octanol–water partition coefficient (Wildman–Crippen LogP) is 2.97. The van der Waals surface area contributed by atoms with E-state index in [1.54, 1.807) is 31.3 Å². The third-order valence-electron chi connectivity index (χ3n) is 3.80. The fourth-order valence-electron chi connectivity index (χ4n) is 2.53. The summed E-state index contributed by atoms with van der Waals surface area (Å²) in [7, 11) is 1.57. The number of aryl methyl sites for hydroxylation is 2. The molecule has 2 amide bonds. The molecule has 0 saturated carbocycles.